The van der Waals surface area contributed by atoms with Gasteiger partial charge in [0.15, 0.2) is 0 Å². The van der Waals surface area contributed by atoms with Crippen LogP contribution < -0.4 is 10.2 Å². The molecule has 0 saturated carbocycles. The van der Waals surface area contributed by atoms with Gasteiger partial charge in [-0.2, -0.15) is 5.10 Å². The number of hydrogen-bond donors (Lipinski definition) is 1. The highest BCUT2D eigenvalue weighted by atomic mass is 16.2. The topological polar surface area (TPSA) is 63.1 Å². The smallest absolute Gasteiger partial charge is 0.269 e. The summed E-state index contributed by atoms with van der Waals surface area (Å²) in [5.74, 6) is 1.06. The maximum Gasteiger partial charge on any atom is 0.269 e. The molecule has 0 atom stereocenters. The molecule has 1 amide bonds. The minimum Gasteiger partial charge on any atom is -0.357 e. The molecular formula is C17H19N5O. The minimum atomic E-state index is 0.0160. The van der Waals surface area contributed by atoms with Crippen molar-refractivity contribution in [2.24, 2.45) is 0 Å². The van der Waals surface area contributed by atoms with E-state index in [4.69, 9.17) is 5.10 Å². The highest BCUT2D eigenvalue weighted by molar-refractivity contribution is 5.97. The van der Waals surface area contributed by atoms with Gasteiger partial charge < -0.3 is 10.2 Å². The maximum atomic E-state index is 12.2. The Kier molecular flexibility index (Phi) is 2.74. The number of carbonyl (C=O) groups is 1. The van der Waals surface area contributed by atoms with E-state index in [0.29, 0.717) is 6.54 Å². The van der Waals surface area contributed by atoms with Gasteiger partial charge in [-0.1, -0.05) is 0 Å². The summed E-state index contributed by atoms with van der Waals surface area (Å²) in [6.45, 7) is 3.59. The van der Waals surface area contributed by atoms with Crippen molar-refractivity contribution < 1.29 is 4.79 Å². The number of aromatic nitrogens is 3. The second kappa shape index (κ2) is 4.81. The molecule has 0 spiro atoms. The molecule has 2 aromatic heterocycles. The number of hydrogen-bond acceptors (Lipinski definition) is 4. The van der Waals surface area contributed by atoms with Crippen molar-refractivity contribution in [2.45, 2.75) is 32.2 Å². The van der Waals surface area contributed by atoms with E-state index in [1.807, 2.05) is 10.9 Å². The van der Waals surface area contributed by atoms with Crippen molar-refractivity contribution in [3.8, 4) is 11.3 Å². The molecule has 1 fully saturated rings. The van der Waals surface area contributed by atoms with Crippen LogP contribution in [-0.2, 0) is 19.4 Å². The molecule has 0 radical (unpaired) electrons. The minimum absolute atomic E-state index is 0.0160. The second-order valence-corrected chi connectivity index (χ2v) is 6.55. The second-order valence-electron chi connectivity index (χ2n) is 6.55. The summed E-state index contributed by atoms with van der Waals surface area (Å²) >= 11 is 0. The van der Waals surface area contributed by atoms with Crippen molar-refractivity contribution in [2.75, 3.05) is 24.5 Å². The van der Waals surface area contributed by atoms with Crippen LogP contribution in [0.1, 0.15) is 34.5 Å². The van der Waals surface area contributed by atoms with Crippen LogP contribution >= 0.6 is 0 Å². The fourth-order valence-corrected chi connectivity index (χ4v) is 4.00. The van der Waals surface area contributed by atoms with Crippen molar-refractivity contribution in [1.29, 1.82) is 0 Å². The van der Waals surface area contributed by atoms with Crippen LogP contribution in [-0.4, -0.2) is 40.3 Å². The SMILES string of the molecule is O=C1NCCn2nc3c(c21)CCc1cnc(N2CCCC2)cc1-3. The average molecular weight is 309 g/mol. The van der Waals surface area contributed by atoms with Gasteiger partial charge in [0.2, 0.25) is 0 Å². The Labute approximate surface area is 134 Å². The van der Waals surface area contributed by atoms with E-state index in [2.05, 4.69) is 21.3 Å². The number of anilines is 1. The molecule has 4 heterocycles. The van der Waals surface area contributed by atoms with E-state index in [0.717, 1.165) is 60.8 Å². The van der Waals surface area contributed by atoms with E-state index < -0.39 is 0 Å². The third kappa shape index (κ3) is 1.90. The molecule has 1 saturated heterocycles. The van der Waals surface area contributed by atoms with Crippen molar-refractivity contribution >= 4 is 11.7 Å². The number of nitrogens with one attached hydrogen (secondary N) is 1. The number of nitrogens with zero attached hydrogens (tertiary/aromatic N) is 4. The lowest BCUT2D eigenvalue weighted by Gasteiger charge is -2.21. The summed E-state index contributed by atoms with van der Waals surface area (Å²) in [6.07, 6.45) is 6.29. The summed E-state index contributed by atoms with van der Waals surface area (Å²) in [5.41, 5.74) is 5.26. The largest absolute Gasteiger partial charge is 0.357 e. The molecule has 3 aliphatic rings. The Hall–Kier alpha value is -2.37. The van der Waals surface area contributed by atoms with Crippen LogP contribution in [0.25, 0.3) is 11.3 Å². The van der Waals surface area contributed by atoms with Gasteiger partial charge in [-0.25, -0.2) is 4.98 Å². The third-order valence-electron chi connectivity index (χ3n) is 5.18. The van der Waals surface area contributed by atoms with Crippen molar-refractivity contribution in [3.63, 3.8) is 0 Å². The van der Waals surface area contributed by atoms with Crippen LogP contribution in [0.5, 0.6) is 0 Å². The highest BCUT2D eigenvalue weighted by Crippen LogP contribution is 2.36. The molecule has 0 bridgehead atoms. The monoisotopic (exact) mass is 309 g/mol. The van der Waals surface area contributed by atoms with Crippen molar-refractivity contribution in [1.82, 2.24) is 20.1 Å². The first kappa shape index (κ1) is 13.1. The fourth-order valence-electron chi connectivity index (χ4n) is 4.00. The Bertz CT molecular complexity index is 804. The van der Waals surface area contributed by atoms with E-state index in [-0.39, 0.29) is 5.91 Å². The molecule has 0 aromatic carbocycles. The average Bonchev–Trinajstić information content (AvgIpc) is 3.22. The quantitative estimate of drug-likeness (QED) is 0.864. The van der Waals surface area contributed by atoms with Crippen LogP contribution in [0.2, 0.25) is 0 Å². The molecule has 0 unspecified atom stereocenters. The van der Waals surface area contributed by atoms with E-state index in [1.165, 1.54) is 18.4 Å². The predicted octanol–water partition coefficient (Wildman–Crippen LogP) is 1.39. The van der Waals surface area contributed by atoms with Gasteiger partial charge in [-0.05, 0) is 37.3 Å². The molecule has 5 rings (SSSR count). The van der Waals surface area contributed by atoms with Crippen LogP contribution in [0.15, 0.2) is 12.3 Å². The summed E-state index contributed by atoms with van der Waals surface area (Å²) in [6, 6.07) is 2.18. The zero-order chi connectivity index (χ0) is 15.4. The molecular weight excluding hydrogens is 290 g/mol. The summed E-state index contributed by atoms with van der Waals surface area (Å²) in [5, 5.41) is 7.69. The lowest BCUT2D eigenvalue weighted by Crippen LogP contribution is -2.36. The Morgan fingerprint density at radius 1 is 1.13 bits per heavy atom. The van der Waals surface area contributed by atoms with Crippen LogP contribution in [0.3, 0.4) is 0 Å². The third-order valence-corrected chi connectivity index (χ3v) is 5.18. The first-order valence-corrected chi connectivity index (χ1v) is 8.43. The molecule has 6 nitrogen and oxygen atoms in total. The standard InChI is InChI=1S/C17H19N5O/c23-17-16-12-4-3-11-10-19-14(21-6-1-2-7-21)9-13(11)15(12)20-22(16)8-5-18-17/h9-10H,1-8H2,(H,18,23). The van der Waals surface area contributed by atoms with E-state index in [1.54, 1.807) is 0 Å². The number of pyridine rings is 1. The Morgan fingerprint density at radius 2 is 2.00 bits per heavy atom. The highest BCUT2D eigenvalue weighted by Gasteiger charge is 2.30. The van der Waals surface area contributed by atoms with Crippen molar-refractivity contribution in [3.05, 3.63) is 29.1 Å². The molecule has 2 aromatic rings. The van der Waals surface area contributed by atoms with Gasteiger partial charge in [-0.15, -0.1) is 0 Å². The Morgan fingerprint density at radius 3 is 2.87 bits per heavy atom. The van der Waals surface area contributed by atoms with Crippen LogP contribution in [0.4, 0.5) is 5.82 Å². The number of fused-ring (bicyclic) bond motifs is 5. The molecule has 2 aliphatic heterocycles. The van der Waals surface area contributed by atoms with Gasteiger partial charge >= 0.3 is 0 Å². The van der Waals surface area contributed by atoms with Crippen LogP contribution in [0, 0.1) is 0 Å². The fraction of sp³-hybridized carbons (Fsp3) is 0.471. The van der Waals surface area contributed by atoms with Gasteiger partial charge in [0, 0.05) is 37.0 Å². The number of aryl methyl sites for hydroxylation is 1. The maximum absolute atomic E-state index is 12.2. The molecule has 1 aliphatic carbocycles. The van der Waals surface area contributed by atoms with E-state index in [9.17, 15) is 4.79 Å². The van der Waals surface area contributed by atoms with Gasteiger partial charge in [0.1, 0.15) is 11.5 Å². The molecule has 23 heavy (non-hydrogen) atoms. The predicted molar refractivity (Wildman–Crippen MR) is 86.6 cm³/mol. The first-order chi connectivity index (χ1) is 11.3. The van der Waals surface area contributed by atoms with Gasteiger partial charge in [0.25, 0.3) is 5.91 Å². The Balaban J connectivity index is 1.65. The molecule has 6 heteroatoms. The number of amides is 1. The van der Waals surface area contributed by atoms with Gasteiger partial charge in [0.05, 0.1) is 12.2 Å². The normalized spacial score (nSPS) is 19.1. The van der Waals surface area contributed by atoms with Gasteiger partial charge in [-0.3, -0.25) is 9.48 Å². The summed E-state index contributed by atoms with van der Waals surface area (Å²) < 4.78 is 1.88. The lowest BCUT2D eigenvalue weighted by atomic mass is 9.90. The molecule has 1 N–H and O–H groups in total. The first-order valence-electron chi connectivity index (χ1n) is 8.43. The van der Waals surface area contributed by atoms with E-state index >= 15 is 0 Å². The molecule has 118 valence electrons. The number of rotatable bonds is 1. The zero-order valence-corrected chi connectivity index (χ0v) is 13.0. The summed E-state index contributed by atoms with van der Waals surface area (Å²) in [7, 11) is 0. The zero-order valence-electron chi connectivity index (χ0n) is 13.0. The summed E-state index contributed by atoms with van der Waals surface area (Å²) in [4.78, 5) is 19.2. The number of carbonyl (C=O) groups excluding carboxylic acids is 1. The lowest BCUT2D eigenvalue weighted by molar-refractivity contribution is 0.0923.